The van der Waals surface area contributed by atoms with Crippen molar-refractivity contribution in [3.63, 3.8) is 0 Å². The Bertz CT molecular complexity index is 1220. The van der Waals surface area contributed by atoms with Gasteiger partial charge in [0.05, 0.1) is 0 Å². The summed E-state index contributed by atoms with van der Waals surface area (Å²) in [7, 11) is 0. The molecular formula is C31H36N4. The third-order valence-electron chi connectivity index (χ3n) is 5.76. The highest BCUT2D eigenvalue weighted by atomic mass is 15.5. The minimum absolute atomic E-state index is 0.592. The number of benzene rings is 3. The van der Waals surface area contributed by atoms with E-state index in [1.165, 1.54) is 5.56 Å². The molecule has 180 valence electrons. The molecule has 3 N–H and O–H groups in total. The molecule has 0 saturated heterocycles. The summed E-state index contributed by atoms with van der Waals surface area (Å²) in [5.74, 6) is 1.21. The summed E-state index contributed by atoms with van der Waals surface area (Å²) in [6, 6.07) is 24.7. The van der Waals surface area contributed by atoms with Crippen molar-refractivity contribution < 1.29 is 0 Å². The van der Waals surface area contributed by atoms with E-state index in [2.05, 4.69) is 112 Å². The Morgan fingerprint density at radius 3 is 2.23 bits per heavy atom. The van der Waals surface area contributed by atoms with Crippen LogP contribution in [0, 0.1) is 13.8 Å². The molecule has 0 aliphatic carbocycles. The van der Waals surface area contributed by atoms with Crippen molar-refractivity contribution in [2.75, 3.05) is 10.2 Å². The normalized spacial score (nSPS) is 10.3. The average molecular weight is 465 g/mol. The number of anilines is 2. The Kier molecular flexibility index (Phi) is 8.58. The Hall–Kier alpha value is -4.18. The number of nitrogens with zero attached hydrogens (tertiary/aromatic N) is 1. The summed E-state index contributed by atoms with van der Waals surface area (Å²) in [6.07, 6.45) is 2.05. The summed E-state index contributed by atoms with van der Waals surface area (Å²) in [4.78, 5) is 2.00. The van der Waals surface area contributed by atoms with Crippen LogP contribution in [-0.2, 0) is 0 Å². The standard InChI is InChI=1S/C31H36N4/c1-8-12-23(3)28-14-11-15-29(21-28)32-26(6)33-34-27(7)35(30-19-17-22(2)18-20-30)25(5)31-16-10-9-13-24(31)4/h9-11,13-21,32-34H,3,5-8,12H2,1-2,4H3. The van der Waals surface area contributed by atoms with Crippen molar-refractivity contribution in [3.8, 4) is 0 Å². The molecule has 0 spiro atoms. The van der Waals surface area contributed by atoms with Crippen LogP contribution in [0.4, 0.5) is 11.4 Å². The number of hydrazine groups is 1. The van der Waals surface area contributed by atoms with Gasteiger partial charge in [0.2, 0.25) is 0 Å². The zero-order chi connectivity index (χ0) is 25.4. The molecule has 35 heavy (non-hydrogen) atoms. The van der Waals surface area contributed by atoms with Gasteiger partial charge in [-0.3, -0.25) is 15.8 Å². The van der Waals surface area contributed by atoms with Crippen LogP contribution in [0.15, 0.2) is 111 Å². The highest BCUT2D eigenvalue weighted by molar-refractivity contribution is 5.82. The van der Waals surface area contributed by atoms with Gasteiger partial charge >= 0.3 is 0 Å². The molecule has 0 aromatic heterocycles. The first-order valence-electron chi connectivity index (χ1n) is 11.9. The molecule has 0 aliphatic rings. The molecule has 0 radical (unpaired) electrons. The van der Waals surface area contributed by atoms with Crippen LogP contribution >= 0.6 is 0 Å². The summed E-state index contributed by atoms with van der Waals surface area (Å²) in [5.41, 5.74) is 14.7. The van der Waals surface area contributed by atoms with Gasteiger partial charge in [-0.1, -0.05) is 93.8 Å². The fourth-order valence-electron chi connectivity index (χ4n) is 3.86. The average Bonchev–Trinajstić information content (AvgIpc) is 2.84. The van der Waals surface area contributed by atoms with Gasteiger partial charge < -0.3 is 5.32 Å². The van der Waals surface area contributed by atoms with E-state index < -0.39 is 0 Å². The van der Waals surface area contributed by atoms with E-state index in [1.54, 1.807) is 0 Å². The summed E-state index contributed by atoms with van der Waals surface area (Å²) in [6.45, 7) is 23.3. The van der Waals surface area contributed by atoms with E-state index in [0.29, 0.717) is 11.6 Å². The zero-order valence-electron chi connectivity index (χ0n) is 21.1. The van der Waals surface area contributed by atoms with Gasteiger partial charge in [0.25, 0.3) is 0 Å². The topological polar surface area (TPSA) is 39.3 Å². The number of nitrogens with one attached hydrogen (secondary N) is 3. The Morgan fingerprint density at radius 1 is 0.829 bits per heavy atom. The molecule has 0 heterocycles. The van der Waals surface area contributed by atoms with E-state index in [0.717, 1.165) is 52.2 Å². The maximum atomic E-state index is 4.39. The molecule has 0 fully saturated rings. The number of allylic oxidation sites excluding steroid dienone is 1. The van der Waals surface area contributed by atoms with E-state index in [-0.39, 0.29) is 0 Å². The molecule has 0 amide bonds. The molecule has 3 rings (SSSR count). The van der Waals surface area contributed by atoms with Crippen molar-refractivity contribution in [2.24, 2.45) is 0 Å². The molecule has 3 aromatic carbocycles. The summed E-state index contributed by atoms with van der Waals surface area (Å²) < 4.78 is 0. The van der Waals surface area contributed by atoms with Gasteiger partial charge in [-0.2, -0.15) is 0 Å². The van der Waals surface area contributed by atoms with E-state index in [4.69, 9.17) is 0 Å². The summed E-state index contributed by atoms with van der Waals surface area (Å²) >= 11 is 0. The first-order valence-corrected chi connectivity index (χ1v) is 11.9. The Morgan fingerprint density at radius 2 is 1.54 bits per heavy atom. The second-order valence-corrected chi connectivity index (χ2v) is 8.67. The lowest BCUT2D eigenvalue weighted by molar-refractivity contribution is 0.685. The lowest BCUT2D eigenvalue weighted by atomic mass is 10.0. The maximum absolute atomic E-state index is 4.39. The zero-order valence-corrected chi connectivity index (χ0v) is 21.1. The molecule has 0 atom stereocenters. The first-order chi connectivity index (χ1) is 16.8. The minimum atomic E-state index is 0.592. The third kappa shape index (κ3) is 6.67. The van der Waals surface area contributed by atoms with Gasteiger partial charge in [-0.15, -0.1) is 0 Å². The van der Waals surface area contributed by atoms with E-state index in [1.807, 2.05) is 29.2 Å². The van der Waals surface area contributed by atoms with Crippen LogP contribution in [0.5, 0.6) is 0 Å². The van der Waals surface area contributed by atoms with Gasteiger partial charge in [-0.05, 0) is 61.2 Å². The Balaban J connectivity index is 1.73. The SMILES string of the molecule is C=C(NNC(=C)N(C(=C)c1ccccc1C)c1ccc(C)cc1)Nc1cccc(C(=C)CCC)c1. The Labute approximate surface area is 210 Å². The minimum Gasteiger partial charge on any atom is -0.341 e. The fourth-order valence-corrected chi connectivity index (χ4v) is 3.86. The lowest BCUT2D eigenvalue weighted by Crippen LogP contribution is -2.39. The second kappa shape index (κ2) is 11.8. The van der Waals surface area contributed by atoms with Crippen LogP contribution in [0.25, 0.3) is 11.3 Å². The monoisotopic (exact) mass is 464 g/mol. The first kappa shape index (κ1) is 25.4. The quantitative estimate of drug-likeness (QED) is 0.240. The van der Waals surface area contributed by atoms with Gasteiger partial charge in [0.1, 0.15) is 11.6 Å². The molecule has 3 aromatic rings. The predicted molar refractivity (Wildman–Crippen MR) is 152 cm³/mol. The number of hydrogen-bond donors (Lipinski definition) is 3. The fraction of sp³-hybridized carbons (Fsp3) is 0.161. The molecule has 0 saturated carbocycles. The van der Waals surface area contributed by atoms with Crippen molar-refractivity contribution >= 4 is 22.6 Å². The maximum Gasteiger partial charge on any atom is 0.122 e. The van der Waals surface area contributed by atoms with Crippen molar-refractivity contribution in [1.82, 2.24) is 10.9 Å². The molecule has 4 heteroatoms. The van der Waals surface area contributed by atoms with Crippen LogP contribution in [0.3, 0.4) is 0 Å². The molecule has 0 bridgehead atoms. The lowest BCUT2D eigenvalue weighted by Gasteiger charge is -2.30. The highest BCUT2D eigenvalue weighted by Gasteiger charge is 2.17. The number of hydrogen-bond acceptors (Lipinski definition) is 4. The van der Waals surface area contributed by atoms with Crippen LogP contribution < -0.4 is 21.1 Å². The largest absolute Gasteiger partial charge is 0.341 e. The molecular weight excluding hydrogens is 428 g/mol. The van der Waals surface area contributed by atoms with Crippen molar-refractivity contribution in [1.29, 1.82) is 0 Å². The summed E-state index contributed by atoms with van der Waals surface area (Å²) in [5, 5.41) is 3.30. The van der Waals surface area contributed by atoms with E-state index >= 15 is 0 Å². The number of rotatable bonds is 12. The van der Waals surface area contributed by atoms with Gasteiger partial charge in [0, 0.05) is 22.6 Å². The van der Waals surface area contributed by atoms with Gasteiger partial charge in [-0.25, -0.2) is 0 Å². The van der Waals surface area contributed by atoms with Gasteiger partial charge in [0.15, 0.2) is 0 Å². The van der Waals surface area contributed by atoms with Crippen molar-refractivity contribution in [2.45, 2.75) is 33.6 Å². The third-order valence-corrected chi connectivity index (χ3v) is 5.76. The van der Waals surface area contributed by atoms with Crippen LogP contribution in [-0.4, -0.2) is 0 Å². The predicted octanol–water partition coefficient (Wildman–Crippen LogP) is 7.74. The number of aryl methyl sites for hydroxylation is 2. The molecule has 0 aliphatic heterocycles. The molecule has 4 nitrogen and oxygen atoms in total. The van der Waals surface area contributed by atoms with Crippen LogP contribution in [0.2, 0.25) is 0 Å². The van der Waals surface area contributed by atoms with Crippen LogP contribution in [0.1, 0.15) is 42.0 Å². The smallest absolute Gasteiger partial charge is 0.122 e. The molecule has 0 unspecified atom stereocenters. The van der Waals surface area contributed by atoms with Crippen molar-refractivity contribution in [3.05, 3.63) is 133 Å². The second-order valence-electron chi connectivity index (χ2n) is 8.67. The van der Waals surface area contributed by atoms with E-state index in [9.17, 15) is 0 Å². The highest BCUT2D eigenvalue weighted by Crippen LogP contribution is 2.29.